The van der Waals surface area contributed by atoms with Crippen molar-refractivity contribution >= 4 is 0 Å². The minimum absolute atomic E-state index is 1.05. The summed E-state index contributed by atoms with van der Waals surface area (Å²) in [7, 11) is 2.14. The summed E-state index contributed by atoms with van der Waals surface area (Å²) in [5, 5.41) is 0. The highest BCUT2D eigenvalue weighted by atomic mass is 15.1. The number of rotatable bonds is 3. The minimum Gasteiger partial charge on any atom is -0.302 e. The van der Waals surface area contributed by atoms with E-state index >= 15 is 0 Å². The van der Waals surface area contributed by atoms with Crippen LogP contribution in [0.1, 0.15) is 18.1 Å². The summed E-state index contributed by atoms with van der Waals surface area (Å²) in [6.45, 7) is 6.47. The summed E-state index contributed by atoms with van der Waals surface area (Å²) >= 11 is 0. The lowest BCUT2D eigenvalue weighted by Gasteiger charge is -2.13. The maximum Gasteiger partial charge on any atom is 0.0230 e. The van der Waals surface area contributed by atoms with Gasteiger partial charge in [0.15, 0.2) is 0 Å². The molecule has 0 aliphatic carbocycles. The minimum atomic E-state index is 1.05. The fraction of sp³-hybridized carbons (Fsp3) is 0.455. The molecule has 1 aromatic carbocycles. The normalized spacial score (nSPS) is 10.7. The number of benzene rings is 1. The number of hydrogen-bond donors (Lipinski definition) is 0. The van der Waals surface area contributed by atoms with E-state index in [0.29, 0.717) is 0 Å². The lowest BCUT2D eigenvalue weighted by Crippen LogP contribution is -2.16. The molecule has 0 saturated heterocycles. The Bertz CT molecular complexity index is 243. The van der Waals surface area contributed by atoms with Crippen molar-refractivity contribution in [3.8, 4) is 0 Å². The van der Waals surface area contributed by atoms with Crippen molar-refractivity contribution < 1.29 is 0 Å². The first-order chi connectivity index (χ1) is 5.72. The van der Waals surface area contributed by atoms with E-state index in [1.807, 2.05) is 0 Å². The van der Waals surface area contributed by atoms with Crippen LogP contribution in [0.25, 0.3) is 0 Å². The third-order valence-corrected chi connectivity index (χ3v) is 2.07. The molecule has 1 aromatic rings. The van der Waals surface area contributed by atoms with Gasteiger partial charge >= 0.3 is 0 Å². The van der Waals surface area contributed by atoms with Gasteiger partial charge in [-0.25, -0.2) is 0 Å². The molecular weight excluding hydrogens is 146 g/mol. The molecular formula is C11H17N. The third kappa shape index (κ3) is 2.67. The van der Waals surface area contributed by atoms with Gasteiger partial charge in [0.1, 0.15) is 0 Å². The van der Waals surface area contributed by atoms with Crippen LogP contribution in [0.4, 0.5) is 0 Å². The van der Waals surface area contributed by atoms with Gasteiger partial charge in [-0.05, 0) is 26.1 Å². The van der Waals surface area contributed by atoms with Crippen molar-refractivity contribution in [2.75, 3.05) is 13.6 Å². The molecule has 1 rings (SSSR count). The largest absolute Gasteiger partial charge is 0.302 e. The van der Waals surface area contributed by atoms with Crippen LogP contribution in [0, 0.1) is 6.92 Å². The molecule has 0 bridgehead atoms. The van der Waals surface area contributed by atoms with Crippen molar-refractivity contribution in [1.82, 2.24) is 4.90 Å². The molecule has 0 spiro atoms. The molecule has 0 aromatic heterocycles. The third-order valence-electron chi connectivity index (χ3n) is 2.07. The Hall–Kier alpha value is -0.820. The lowest BCUT2D eigenvalue weighted by atomic mass is 10.1. The van der Waals surface area contributed by atoms with E-state index in [2.05, 4.69) is 50.1 Å². The first-order valence-electron chi connectivity index (χ1n) is 4.46. The quantitative estimate of drug-likeness (QED) is 0.661. The molecule has 0 saturated carbocycles. The van der Waals surface area contributed by atoms with Crippen molar-refractivity contribution in [3.05, 3.63) is 35.4 Å². The smallest absolute Gasteiger partial charge is 0.0230 e. The summed E-state index contributed by atoms with van der Waals surface area (Å²) in [6, 6.07) is 8.68. The van der Waals surface area contributed by atoms with Crippen LogP contribution in [-0.4, -0.2) is 18.5 Å². The molecule has 0 aliphatic rings. The van der Waals surface area contributed by atoms with Crippen LogP contribution < -0.4 is 0 Å². The molecule has 0 fully saturated rings. The Labute approximate surface area is 75.0 Å². The molecule has 0 aliphatic heterocycles. The van der Waals surface area contributed by atoms with Crippen LogP contribution in [-0.2, 0) is 6.54 Å². The first kappa shape index (κ1) is 9.27. The summed E-state index contributed by atoms with van der Waals surface area (Å²) < 4.78 is 0. The molecule has 0 unspecified atom stereocenters. The molecule has 0 amide bonds. The van der Waals surface area contributed by atoms with Gasteiger partial charge in [0, 0.05) is 6.54 Å². The molecule has 12 heavy (non-hydrogen) atoms. The van der Waals surface area contributed by atoms with E-state index in [1.54, 1.807) is 0 Å². The highest BCUT2D eigenvalue weighted by Gasteiger charge is 1.96. The van der Waals surface area contributed by atoms with Crippen molar-refractivity contribution in [2.45, 2.75) is 20.4 Å². The second-order valence-corrected chi connectivity index (χ2v) is 3.32. The van der Waals surface area contributed by atoms with Gasteiger partial charge in [-0.2, -0.15) is 0 Å². The maximum absolute atomic E-state index is 2.30. The van der Waals surface area contributed by atoms with Gasteiger partial charge in [-0.1, -0.05) is 36.8 Å². The second-order valence-electron chi connectivity index (χ2n) is 3.32. The Balaban J connectivity index is 2.63. The Morgan fingerprint density at radius 2 is 2.08 bits per heavy atom. The zero-order valence-electron chi connectivity index (χ0n) is 8.17. The summed E-state index contributed by atoms with van der Waals surface area (Å²) in [5.41, 5.74) is 2.75. The van der Waals surface area contributed by atoms with Crippen molar-refractivity contribution in [3.63, 3.8) is 0 Å². The molecule has 0 heterocycles. The number of hydrogen-bond acceptors (Lipinski definition) is 1. The van der Waals surface area contributed by atoms with Crippen LogP contribution in [0.5, 0.6) is 0 Å². The van der Waals surface area contributed by atoms with Gasteiger partial charge < -0.3 is 4.90 Å². The van der Waals surface area contributed by atoms with E-state index in [0.717, 1.165) is 13.1 Å². The molecule has 0 radical (unpaired) electrons. The molecule has 0 N–H and O–H groups in total. The van der Waals surface area contributed by atoms with Gasteiger partial charge in [-0.15, -0.1) is 0 Å². The van der Waals surface area contributed by atoms with E-state index in [4.69, 9.17) is 0 Å². The topological polar surface area (TPSA) is 3.24 Å². The zero-order chi connectivity index (χ0) is 8.97. The molecule has 1 nitrogen and oxygen atoms in total. The standard InChI is InChI=1S/C11H17N/c1-4-12(3)9-11-7-5-6-10(2)8-11/h5-8H,4,9H2,1-3H3. The first-order valence-corrected chi connectivity index (χ1v) is 4.46. The number of nitrogens with zero attached hydrogens (tertiary/aromatic N) is 1. The second kappa shape index (κ2) is 4.27. The summed E-state index contributed by atoms with van der Waals surface area (Å²) in [5.74, 6) is 0. The predicted octanol–water partition coefficient (Wildman–Crippen LogP) is 2.45. The van der Waals surface area contributed by atoms with Crippen LogP contribution in [0.15, 0.2) is 24.3 Å². The van der Waals surface area contributed by atoms with Gasteiger partial charge in [-0.3, -0.25) is 0 Å². The van der Waals surface area contributed by atoms with Gasteiger partial charge in [0.2, 0.25) is 0 Å². The Morgan fingerprint density at radius 3 is 2.67 bits per heavy atom. The molecule has 1 heteroatoms. The van der Waals surface area contributed by atoms with Crippen LogP contribution in [0.2, 0.25) is 0 Å². The lowest BCUT2D eigenvalue weighted by molar-refractivity contribution is 0.345. The van der Waals surface area contributed by atoms with E-state index in [-0.39, 0.29) is 0 Å². The van der Waals surface area contributed by atoms with E-state index in [9.17, 15) is 0 Å². The highest BCUT2D eigenvalue weighted by molar-refractivity contribution is 5.21. The monoisotopic (exact) mass is 163 g/mol. The highest BCUT2D eigenvalue weighted by Crippen LogP contribution is 2.05. The van der Waals surface area contributed by atoms with Gasteiger partial charge in [0.25, 0.3) is 0 Å². The Kier molecular flexibility index (Phi) is 3.30. The van der Waals surface area contributed by atoms with Crippen LogP contribution >= 0.6 is 0 Å². The Morgan fingerprint density at radius 1 is 1.33 bits per heavy atom. The predicted molar refractivity (Wildman–Crippen MR) is 53.2 cm³/mol. The average Bonchev–Trinajstić information content (AvgIpc) is 2.04. The van der Waals surface area contributed by atoms with Crippen LogP contribution in [0.3, 0.4) is 0 Å². The number of aryl methyl sites for hydroxylation is 1. The fourth-order valence-electron chi connectivity index (χ4n) is 1.23. The average molecular weight is 163 g/mol. The van der Waals surface area contributed by atoms with Crippen molar-refractivity contribution in [2.24, 2.45) is 0 Å². The summed E-state index contributed by atoms with van der Waals surface area (Å²) in [6.07, 6.45) is 0. The molecule has 66 valence electrons. The maximum atomic E-state index is 2.30. The van der Waals surface area contributed by atoms with Gasteiger partial charge in [0.05, 0.1) is 0 Å². The summed E-state index contributed by atoms with van der Waals surface area (Å²) in [4.78, 5) is 2.30. The fourth-order valence-corrected chi connectivity index (χ4v) is 1.23. The van der Waals surface area contributed by atoms with Crippen molar-refractivity contribution in [1.29, 1.82) is 0 Å². The zero-order valence-corrected chi connectivity index (χ0v) is 8.17. The van der Waals surface area contributed by atoms with E-state index in [1.165, 1.54) is 11.1 Å². The SMILES string of the molecule is CCN(C)Cc1cccc(C)c1. The van der Waals surface area contributed by atoms with E-state index < -0.39 is 0 Å². The molecule has 0 atom stereocenters.